The molecule has 0 atom stereocenters. The van der Waals surface area contributed by atoms with E-state index in [9.17, 15) is 4.79 Å². The molecule has 1 amide bonds. The first kappa shape index (κ1) is 15.9. The molecule has 1 aromatic heterocycles. The fraction of sp³-hybridized carbons (Fsp3) is 0.765. The van der Waals surface area contributed by atoms with E-state index >= 15 is 0 Å². The van der Waals surface area contributed by atoms with Crippen LogP contribution in [-0.2, 0) is 17.8 Å². The van der Waals surface area contributed by atoms with Gasteiger partial charge >= 0.3 is 0 Å². The minimum absolute atomic E-state index is 0.140. The minimum atomic E-state index is 0.140. The Balaban J connectivity index is 1.45. The molecule has 122 valence electrons. The predicted octanol–water partition coefficient (Wildman–Crippen LogP) is 3.12. The van der Waals surface area contributed by atoms with Gasteiger partial charge in [-0.3, -0.25) is 9.69 Å². The number of rotatable bonds is 5. The van der Waals surface area contributed by atoms with Gasteiger partial charge in [-0.15, -0.1) is 11.3 Å². The number of aromatic nitrogens is 1. The monoisotopic (exact) mass is 321 g/mol. The molecular weight excluding hydrogens is 294 g/mol. The number of piperidine rings is 1. The van der Waals surface area contributed by atoms with Gasteiger partial charge in [0.25, 0.3) is 0 Å². The molecule has 0 spiro atoms. The van der Waals surface area contributed by atoms with E-state index in [4.69, 9.17) is 0 Å². The fourth-order valence-corrected chi connectivity index (χ4v) is 4.34. The molecule has 2 fully saturated rings. The van der Waals surface area contributed by atoms with Crippen molar-refractivity contribution >= 4 is 17.2 Å². The van der Waals surface area contributed by atoms with Gasteiger partial charge < -0.3 is 5.32 Å². The third-order valence-corrected chi connectivity index (χ3v) is 5.60. The third kappa shape index (κ3) is 4.78. The molecule has 4 nitrogen and oxygen atoms in total. The Labute approximate surface area is 137 Å². The number of likely N-dealkylation sites (tertiary alicyclic amines) is 1. The highest BCUT2D eigenvalue weighted by Gasteiger charge is 2.17. The molecule has 1 saturated carbocycles. The largest absolute Gasteiger partial charge is 0.353 e. The van der Waals surface area contributed by atoms with Crippen molar-refractivity contribution in [2.75, 3.05) is 13.1 Å². The van der Waals surface area contributed by atoms with Crippen molar-refractivity contribution in [3.63, 3.8) is 0 Å². The topological polar surface area (TPSA) is 45.2 Å². The van der Waals surface area contributed by atoms with Gasteiger partial charge in [0.2, 0.25) is 5.91 Å². The van der Waals surface area contributed by atoms with Gasteiger partial charge in [0, 0.05) is 11.4 Å². The Bertz CT molecular complexity index is 476. The van der Waals surface area contributed by atoms with Crippen LogP contribution < -0.4 is 5.32 Å². The molecule has 5 heteroatoms. The van der Waals surface area contributed by atoms with E-state index in [0.717, 1.165) is 30.1 Å². The Kier molecular flexibility index (Phi) is 5.84. The molecule has 1 aliphatic carbocycles. The van der Waals surface area contributed by atoms with Crippen LogP contribution in [0.1, 0.15) is 62.1 Å². The zero-order valence-corrected chi connectivity index (χ0v) is 14.2. The summed E-state index contributed by atoms with van der Waals surface area (Å²) in [7, 11) is 0. The lowest BCUT2D eigenvalue weighted by molar-refractivity contribution is -0.121. The van der Waals surface area contributed by atoms with Gasteiger partial charge in [-0.25, -0.2) is 4.98 Å². The summed E-state index contributed by atoms with van der Waals surface area (Å²) >= 11 is 1.70. The first-order chi connectivity index (χ1) is 10.8. The lowest BCUT2D eigenvalue weighted by atomic mass is 9.95. The Morgan fingerprint density at radius 1 is 1.18 bits per heavy atom. The van der Waals surface area contributed by atoms with Crippen molar-refractivity contribution in [1.29, 1.82) is 0 Å². The van der Waals surface area contributed by atoms with E-state index in [1.54, 1.807) is 11.3 Å². The second kappa shape index (κ2) is 8.06. The zero-order valence-electron chi connectivity index (χ0n) is 13.4. The number of hydrogen-bond donors (Lipinski definition) is 1. The van der Waals surface area contributed by atoms with Crippen molar-refractivity contribution in [1.82, 2.24) is 15.2 Å². The normalized spacial score (nSPS) is 20.9. The van der Waals surface area contributed by atoms with Crippen LogP contribution in [-0.4, -0.2) is 34.9 Å². The van der Waals surface area contributed by atoms with Crippen molar-refractivity contribution < 1.29 is 4.79 Å². The summed E-state index contributed by atoms with van der Waals surface area (Å²) in [6.45, 7) is 3.34. The highest BCUT2D eigenvalue weighted by molar-refractivity contribution is 7.09. The summed E-state index contributed by atoms with van der Waals surface area (Å²) in [5, 5.41) is 6.38. The number of amides is 1. The number of hydrogen-bond acceptors (Lipinski definition) is 4. The maximum Gasteiger partial charge on any atom is 0.226 e. The van der Waals surface area contributed by atoms with Gasteiger partial charge in [-0.05, 0) is 38.8 Å². The van der Waals surface area contributed by atoms with E-state index in [1.807, 2.05) is 0 Å². The van der Waals surface area contributed by atoms with Crippen LogP contribution in [0.3, 0.4) is 0 Å². The second-order valence-electron chi connectivity index (χ2n) is 6.65. The van der Waals surface area contributed by atoms with Crippen molar-refractivity contribution in [2.45, 2.75) is 70.4 Å². The molecule has 0 unspecified atom stereocenters. The maximum atomic E-state index is 12.1. The number of carbonyl (C=O) groups is 1. The number of nitrogens with zero attached hydrogens (tertiary/aromatic N) is 2. The molecule has 0 aromatic carbocycles. The van der Waals surface area contributed by atoms with Gasteiger partial charge in [0.15, 0.2) is 0 Å². The molecule has 2 heterocycles. The SMILES string of the molecule is O=C(Cc1csc(CN2CCCCC2)n1)NC1CCCCC1. The molecule has 2 aliphatic rings. The van der Waals surface area contributed by atoms with E-state index in [2.05, 4.69) is 20.6 Å². The smallest absolute Gasteiger partial charge is 0.226 e. The zero-order chi connectivity index (χ0) is 15.2. The summed E-state index contributed by atoms with van der Waals surface area (Å²) in [5.74, 6) is 0.140. The van der Waals surface area contributed by atoms with Crippen LogP contribution >= 0.6 is 11.3 Å². The fourth-order valence-electron chi connectivity index (χ4n) is 3.50. The molecule has 3 rings (SSSR count). The van der Waals surface area contributed by atoms with E-state index < -0.39 is 0 Å². The summed E-state index contributed by atoms with van der Waals surface area (Å²) < 4.78 is 0. The van der Waals surface area contributed by atoms with Crippen LogP contribution in [0.15, 0.2) is 5.38 Å². The van der Waals surface area contributed by atoms with E-state index in [1.165, 1.54) is 51.6 Å². The number of carbonyl (C=O) groups excluding carboxylic acids is 1. The molecule has 1 N–H and O–H groups in total. The van der Waals surface area contributed by atoms with E-state index in [0.29, 0.717) is 12.5 Å². The lowest BCUT2D eigenvalue weighted by Crippen LogP contribution is -2.37. The van der Waals surface area contributed by atoms with E-state index in [-0.39, 0.29) is 5.91 Å². The average molecular weight is 321 g/mol. The van der Waals surface area contributed by atoms with Crippen molar-refractivity contribution in [3.05, 3.63) is 16.1 Å². The van der Waals surface area contributed by atoms with Gasteiger partial charge in [0.05, 0.1) is 18.7 Å². The molecule has 0 bridgehead atoms. The summed E-state index contributed by atoms with van der Waals surface area (Å²) in [5.41, 5.74) is 0.935. The summed E-state index contributed by atoms with van der Waals surface area (Å²) in [4.78, 5) is 19.3. The van der Waals surface area contributed by atoms with Crippen LogP contribution in [0, 0.1) is 0 Å². The van der Waals surface area contributed by atoms with Crippen LogP contribution in [0.4, 0.5) is 0 Å². The molecule has 1 aromatic rings. The van der Waals surface area contributed by atoms with Gasteiger partial charge in [0.1, 0.15) is 5.01 Å². The molecule has 1 saturated heterocycles. The lowest BCUT2D eigenvalue weighted by Gasteiger charge is -2.25. The average Bonchev–Trinajstić information content (AvgIpc) is 2.96. The first-order valence-electron chi connectivity index (χ1n) is 8.74. The molecule has 0 radical (unpaired) electrons. The Morgan fingerprint density at radius 3 is 2.68 bits per heavy atom. The second-order valence-corrected chi connectivity index (χ2v) is 7.59. The highest BCUT2D eigenvalue weighted by atomic mass is 32.1. The predicted molar refractivity (Wildman–Crippen MR) is 90.0 cm³/mol. The van der Waals surface area contributed by atoms with Gasteiger partial charge in [-0.1, -0.05) is 25.7 Å². The first-order valence-corrected chi connectivity index (χ1v) is 9.62. The Hall–Kier alpha value is -0.940. The quantitative estimate of drug-likeness (QED) is 0.906. The van der Waals surface area contributed by atoms with Crippen LogP contribution in [0.2, 0.25) is 0 Å². The summed E-state index contributed by atoms with van der Waals surface area (Å²) in [6, 6.07) is 0.396. The third-order valence-electron chi connectivity index (χ3n) is 4.72. The number of thiazole rings is 1. The van der Waals surface area contributed by atoms with Crippen molar-refractivity contribution in [2.24, 2.45) is 0 Å². The standard InChI is InChI=1S/C17H27N3OS/c21-16(18-14-7-3-1-4-8-14)11-15-13-22-17(19-15)12-20-9-5-2-6-10-20/h13-14H,1-12H2,(H,18,21). The molecule has 1 aliphatic heterocycles. The maximum absolute atomic E-state index is 12.1. The van der Waals surface area contributed by atoms with Crippen molar-refractivity contribution in [3.8, 4) is 0 Å². The van der Waals surface area contributed by atoms with Gasteiger partial charge in [-0.2, -0.15) is 0 Å². The summed E-state index contributed by atoms with van der Waals surface area (Å²) in [6.07, 6.45) is 10.5. The molecule has 22 heavy (non-hydrogen) atoms. The highest BCUT2D eigenvalue weighted by Crippen LogP contribution is 2.19. The van der Waals surface area contributed by atoms with Crippen LogP contribution in [0.5, 0.6) is 0 Å². The number of nitrogens with one attached hydrogen (secondary N) is 1. The van der Waals surface area contributed by atoms with Crippen LogP contribution in [0.25, 0.3) is 0 Å². The minimum Gasteiger partial charge on any atom is -0.353 e. The molecular formula is C17H27N3OS. The Morgan fingerprint density at radius 2 is 1.91 bits per heavy atom.